The number of hydrogen-bond acceptors (Lipinski definition) is 3. The van der Waals surface area contributed by atoms with Crippen LogP contribution in [0.3, 0.4) is 0 Å². The summed E-state index contributed by atoms with van der Waals surface area (Å²) in [6.07, 6.45) is 4.68. The molecule has 0 aromatic carbocycles. The smallest absolute Gasteiger partial charge is 0.257 e. The van der Waals surface area contributed by atoms with Crippen molar-refractivity contribution in [3.63, 3.8) is 0 Å². The van der Waals surface area contributed by atoms with Crippen LogP contribution in [-0.2, 0) is 0 Å². The molecule has 5 heteroatoms. The fraction of sp³-hybridized carbons (Fsp3) is 0.571. The number of carbonyl (C=O) groups is 1. The van der Waals surface area contributed by atoms with Gasteiger partial charge in [0.25, 0.3) is 5.91 Å². The Kier molecular flexibility index (Phi) is 6.09. The molecule has 19 heavy (non-hydrogen) atoms. The standard InChI is InChI=1S/C14H22ClN3O/c1-4-5-6-7-18(10(2)3)14(19)12-8-11(16)9-17-13(12)15/h8-10H,4-7,16H2,1-3H3. The van der Waals surface area contributed by atoms with Gasteiger partial charge in [-0.1, -0.05) is 31.4 Å². The van der Waals surface area contributed by atoms with Crippen molar-refractivity contribution in [2.75, 3.05) is 12.3 Å². The third-order valence-electron chi connectivity index (χ3n) is 2.98. The van der Waals surface area contributed by atoms with E-state index < -0.39 is 0 Å². The summed E-state index contributed by atoms with van der Waals surface area (Å²) < 4.78 is 0. The highest BCUT2D eigenvalue weighted by Crippen LogP contribution is 2.19. The van der Waals surface area contributed by atoms with Crippen LogP contribution in [0.4, 0.5) is 5.69 Å². The predicted molar refractivity (Wildman–Crippen MR) is 79.4 cm³/mol. The molecule has 1 rings (SSSR count). The maximum Gasteiger partial charge on any atom is 0.257 e. The molecule has 0 spiro atoms. The molecule has 0 unspecified atom stereocenters. The molecule has 0 saturated carbocycles. The van der Waals surface area contributed by atoms with Gasteiger partial charge in [-0.05, 0) is 26.3 Å². The van der Waals surface area contributed by atoms with Crippen molar-refractivity contribution < 1.29 is 4.79 Å². The molecular formula is C14H22ClN3O. The molecular weight excluding hydrogens is 262 g/mol. The molecule has 0 radical (unpaired) electrons. The number of amides is 1. The Morgan fingerprint density at radius 1 is 1.47 bits per heavy atom. The highest BCUT2D eigenvalue weighted by molar-refractivity contribution is 6.32. The summed E-state index contributed by atoms with van der Waals surface area (Å²) in [5.74, 6) is -0.101. The summed E-state index contributed by atoms with van der Waals surface area (Å²) in [7, 11) is 0. The van der Waals surface area contributed by atoms with Crippen LogP contribution in [0, 0.1) is 0 Å². The van der Waals surface area contributed by atoms with Gasteiger partial charge < -0.3 is 10.6 Å². The Morgan fingerprint density at radius 3 is 2.74 bits per heavy atom. The lowest BCUT2D eigenvalue weighted by molar-refractivity contribution is 0.0702. The summed E-state index contributed by atoms with van der Waals surface area (Å²) in [4.78, 5) is 18.2. The van der Waals surface area contributed by atoms with Gasteiger partial charge in [0, 0.05) is 12.6 Å². The minimum Gasteiger partial charge on any atom is -0.397 e. The van der Waals surface area contributed by atoms with Gasteiger partial charge in [-0.3, -0.25) is 4.79 Å². The first-order valence-corrected chi connectivity index (χ1v) is 7.07. The lowest BCUT2D eigenvalue weighted by atomic mass is 10.1. The van der Waals surface area contributed by atoms with Gasteiger partial charge >= 0.3 is 0 Å². The summed E-state index contributed by atoms with van der Waals surface area (Å²) in [6.45, 7) is 6.87. The number of pyridine rings is 1. The summed E-state index contributed by atoms with van der Waals surface area (Å²) in [5, 5.41) is 0.209. The number of aromatic nitrogens is 1. The van der Waals surface area contributed by atoms with E-state index in [-0.39, 0.29) is 17.1 Å². The number of rotatable bonds is 6. The first-order valence-electron chi connectivity index (χ1n) is 6.69. The largest absolute Gasteiger partial charge is 0.397 e. The van der Waals surface area contributed by atoms with Gasteiger partial charge in [-0.25, -0.2) is 4.98 Å². The first kappa shape index (κ1) is 15.8. The van der Waals surface area contributed by atoms with Crippen LogP contribution in [-0.4, -0.2) is 28.4 Å². The second-order valence-corrected chi connectivity index (χ2v) is 5.26. The number of unbranched alkanes of at least 4 members (excludes halogenated alkanes) is 2. The first-order chi connectivity index (χ1) is 8.97. The fourth-order valence-corrected chi connectivity index (χ4v) is 2.08. The van der Waals surface area contributed by atoms with Crippen LogP contribution in [0.1, 0.15) is 50.4 Å². The van der Waals surface area contributed by atoms with E-state index in [1.807, 2.05) is 18.7 Å². The van der Waals surface area contributed by atoms with Gasteiger partial charge in [-0.2, -0.15) is 0 Å². The third kappa shape index (κ3) is 4.39. The monoisotopic (exact) mass is 283 g/mol. The van der Waals surface area contributed by atoms with E-state index >= 15 is 0 Å². The topological polar surface area (TPSA) is 59.2 Å². The summed E-state index contributed by atoms with van der Waals surface area (Å²) >= 11 is 5.99. The van der Waals surface area contributed by atoms with E-state index in [0.717, 1.165) is 25.8 Å². The van der Waals surface area contributed by atoms with E-state index in [4.69, 9.17) is 17.3 Å². The zero-order chi connectivity index (χ0) is 14.4. The van der Waals surface area contributed by atoms with E-state index in [1.54, 1.807) is 6.07 Å². The molecule has 0 bridgehead atoms. The van der Waals surface area contributed by atoms with Crippen LogP contribution >= 0.6 is 11.6 Å². The van der Waals surface area contributed by atoms with Crippen molar-refractivity contribution in [2.24, 2.45) is 0 Å². The highest BCUT2D eigenvalue weighted by Gasteiger charge is 2.21. The van der Waals surface area contributed by atoms with Crippen molar-refractivity contribution in [1.82, 2.24) is 9.88 Å². The van der Waals surface area contributed by atoms with Crippen molar-refractivity contribution in [3.8, 4) is 0 Å². The van der Waals surface area contributed by atoms with Crippen molar-refractivity contribution >= 4 is 23.2 Å². The third-order valence-corrected chi connectivity index (χ3v) is 3.28. The van der Waals surface area contributed by atoms with Crippen molar-refractivity contribution in [1.29, 1.82) is 0 Å². The van der Waals surface area contributed by atoms with Gasteiger partial charge in [0.1, 0.15) is 5.15 Å². The summed E-state index contributed by atoms with van der Waals surface area (Å²) in [5.41, 5.74) is 6.50. The molecule has 1 aromatic heterocycles. The second-order valence-electron chi connectivity index (χ2n) is 4.91. The maximum atomic E-state index is 12.5. The number of nitrogens with two attached hydrogens (primary N) is 1. The van der Waals surface area contributed by atoms with Crippen molar-refractivity contribution in [2.45, 2.75) is 46.1 Å². The van der Waals surface area contributed by atoms with Crippen LogP contribution in [0.5, 0.6) is 0 Å². The average molecular weight is 284 g/mol. The van der Waals surface area contributed by atoms with Crippen molar-refractivity contribution in [3.05, 3.63) is 23.0 Å². The van der Waals surface area contributed by atoms with Gasteiger partial charge in [0.15, 0.2) is 0 Å². The highest BCUT2D eigenvalue weighted by atomic mass is 35.5. The fourth-order valence-electron chi connectivity index (χ4n) is 1.90. The number of carbonyl (C=O) groups excluding carboxylic acids is 1. The summed E-state index contributed by atoms with van der Waals surface area (Å²) in [6, 6.07) is 1.72. The van der Waals surface area contributed by atoms with E-state index in [0.29, 0.717) is 11.3 Å². The molecule has 0 saturated heterocycles. The minimum absolute atomic E-state index is 0.101. The Hall–Kier alpha value is -1.29. The Morgan fingerprint density at radius 2 is 2.16 bits per heavy atom. The normalized spacial score (nSPS) is 10.8. The minimum atomic E-state index is -0.101. The molecule has 0 aliphatic heterocycles. The van der Waals surface area contributed by atoms with Gasteiger partial charge in [-0.15, -0.1) is 0 Å². The molecule has 1 amide bonds. The van der Waals surface area contributed by atoms with E-state index in [1.165, 1.54) is 6.20 Å². The Balaban J connectivity index is 2.89. The number of hydrogen-bond donors (Lipinski definition) is 1. The average Bonchev–Trinajstić information content (AvgIpc) is 2.36. The molecule has 0 fully saturated rings. The zero-order valence-electron chi connectivity index (χ0n) is 11.8. The molecule has 2 N–H and O–H groups in total. The molecule has 106 valence electrons. The molecule has 1 heterocycles. The predicted octanol–water partition coefficient (Wildman–Crippen LogP) is 3.36. The van der Waals surface area contributed by atoms with Gasteiger partial charge in [0.05, 0.1) is 17.4 Å². The molecule has 0 aliphatic rings. The lowest BCUT2D eigenvalue weighted by Gasteiger charge is -2.27. The van der Waals surface area contributed by atoms with Crippen LogP contribution < -0.4 is 5.73 Å². The van der Waals surface area contributed by atoms with Crippen LogP contribution in [0.2, 0.25) is 5.15 Å². The SMILES string of the molecule is CCCCCN(C(=O)c1cc(N)cnc1Cl)C(C)C. The maximum absolute atomic E-state index is 12.5. The molecule has 0 atom stereocenters. The zero-order valence-corrected chi connectivity index (χ0v) is 12.6. The van der Waals surface area contributed by atoms with E-state index in [9.17, 15) is 4.79 Å². The van der Waals surface area contributed by atoms with Gasteiger partial charge in [0.2, 0.25) is 0 Å². The molecule has 0 aliphatic carbocycles. The Labute approximate surface area is 120 Å². The number of nitrogens with zero attached hydrogens (tertiary/aromatic N) is 2. The molecule has 4 nitrogen and oxygen atoms in total. The molecule has 1 aromatic rings. The van der Waals surface area contributed by atoms with Crippen LogP contribution in [0.15, 0.2) is 12.3 Å². The lowest BCUT2D eigenvalue weighted by Crippen LogP contribution is -2.38. The number of nitrogen functional groups attached to an aromatic ring is 1. The van der Waals surface area contributed by atoms with E-state index in [2.05, 4.69) is 11.9 Å². The quantitative estimate of drug-likeness (QED) is 0.643. The van der Waals surface area contributed by atoms with Crippen LogP contribution in [0.25, 0.3) is 0 Å². The number of halogens is 1. The number of anilines is 1. The second kappa shape index (κ2) is 7.34. The Bertz CT molecular complexity index is 435.